The lowest BCUT2D eigenvalue weighted by molar-refractivity contribution is -0.140. The van der Waals surface area contributed by atoms with Crippen LogP contribution in [0.5, 0.6) is 0 Å². The molecular weight excluding hydrogens is 264 g/mol. The number of nitrogens with zero attached hydrogens (tertiary/aromatic N) is 2. The van der Waals surface area contributed by atoms with E-state index in [1.54, 1.807) is 0 Å². The zero-order valence-electron chi connectivity index (χ0n) is 14.6. The van der Waals surface area contributed by atoms with Crippen LogP contribution in [0.4, 0.5) is 0 Å². The van der Waals surface area contributed by atoms with Crippen LogP contribution in [0.1, 0.15) is 47.0 Å². The highest BCUT2D eigenvalue weighted by atomic mass is 16.5. The van der Waals surface area contributed by atoms with Gasteiger partial charge in [0.1, 0.15) is 0 Å². The monoisotopic (exact) mass is 298 g/mol. The van der Waals surface area contributed by atoms with E-state index in [1.807, 2.05) is 11.9 Å². The van der Waals surface area contributed by atoms with Crippen LogP contribution in [0.25, 0.3) is 0 Å². The molecule has 21 heavy (non-hydrogen) atoms. The van der Waals surface area contributed by atoms with Crippen LogP contribution >= 0.6 is 0 Å². The molecule has 1 aliphatic rings. The van der Waals surface area contributed by atoms with Gasteiger partial charge in [-0.25, -0.2) is 0 Å². The third kappa shape index (κ3) is 7.28. The zero-order valence-corrected chi connectivity index (χ0v) is 14.6. The van der Waals surface area contributed by atoms with Gasteiger partial charge in [-0.05, 0) is 39.0 Å². The first-order valence-corrected chi connectivity index (χ1v) is 8.49. The molecule has 4 nitrogen and oxygen atoms in total. The Labute approximate surface area is 130 Å². The third-order valence-electron chi connectivity index (χ3n) is 3.90. The average Bonchev–Trinajstić information content (AvgIpc) is 2.35. The van der Waals surface area contributed by atoms with Crippen LogP contribution in [0.3, 0.4) is 0 Å². The largest absolute Gasteiger partial charge is 0.379 e. The molecule has 1 rings (SSSR count). The molecule has 0 saturated carbocycles. The predicted molar refractivity (Wildman–Crippen MR) is 87.3 cm³/mol. The number of ether oxygens (including phenoxy) is 1. The summed E-state index contributed by atoms with van der Waals surface area (Å²) in [6.07, 6.45) is 3.62. The number of carbonyl (C=O) groups excluding carboxylic acids is 1. The molecule has 0 unspecified atom stereocenters. The van der Waals surface area contributed by atoms with Crippen molar-refractivity contribution in [3.8, 4) is 0 Å². The Morgan fingerprint density at radius 3 is 2.43 bits per heavy atom. The molecule has 0 radical (unpaired) electrons. The van der Waals surface area contributed by atoms with Crippen molar-refractivity contribution < 1.29 is 9.53 Å². The normalized spacial score (nSPS) is 16.5. The minimum atomic E-state index is 0.234. The van der Waals surface area contributed by atoms with E-state index >= 15 is 0 Å². The molecule has 1 aliphatic heterocycles. The molecular formula is C17H34N2O2. The summed E-state index contributed by atoms with van der Waals surface area (Å²) in [5.41, 5.74) is 0. The van der Waals surface area contributed by atoms with Gasteiger partial charge in [0.15, 0.2) is 0 Å². The third-order valence-corrected chi connectivity index (χ3v) is 3.90. The zero-order chi connectivity index (χ0) is 15.8. The Bertz CT molecular complexity index is 299. The van der Waals surface area contributed by atoms with Gasteiger partial charge in [-0.3, -0.25) is 4.79 Å². The van der Waals surface area contributed by atoms with Gasteiger partial charge in [-0.15, -0.1) is 0 Å². The van der Waals surface area contributed by atoms with Crippen molar-refractivity contribution in [2.45, 2.75) is 53.1 Å². The van der Waals surface area contributed by atoms with E-state index in [4.69, 9.17) is 4.74 Å². The standard InChI is InChI=1S/C17H34N2O2/c1-14(2)11-19-12-16(13-19)17(20)18(5)9-7-6-8-10-21-15(3)4/h14-16H,6-13H2,1-5H3. The SMILES string of the molecule is CC(C)CN1CC(C(=O)N(C)CCCCCOC(C)C)C1. The van der Waals surface area contributed by atoms with E-state index in [9.17, 15) is 4.79 Å². The molecule has 0 bridgehead atoms. The molecule has 124 valence electrons. The summed E-state index contributed by atoms with van der Waals surface area (Å²) >= 11 is 0. The van der Waals surface area contributed by atoms with Gasteiger partial charge in [0.25, 0.3) is 0 Å². The van der Waals surface area contributed by atoms with Crippen LogP contribution in [0.2, 0.25) is 0 Å². The van der Waals surface area contributed by atoms with Crippen LogP contribution in [0, 0.1) is 11.8 Å². The van der Waals surface area contributed by atoms with Gasteiger partial charge in [0, 0.05) is 39.8 Å². The Hall–Kier alpha value is -0.610. The van der Waals surface area contributed by atoms with E-state index in [2.05, 4.69) is 32.6 Å². The first-order chi connectivity index (χ1) is 9.90. The lowest BCUT2D eigenvalue weighted by Gasteiger charge is -2.40. The Morgan fingerprint density at radius 1 is 1.19 bits per heavy atom. The Morgan fingerprint density at radius 2 is 1.86 bits per heavy atom. The summed E-state index contributed by atoms with van der Waals surface area (Å²) in [7, 11) is 1.94. The Balaban J connectivity index is 2.05. The summed E-state index contributed by atoms with van der Waals surface area (Å²) in [5.74, 6) is 1.25. The maximum absolute atomic E-state index is 12.2. The smallest absolute Gasteiger partial charge is 0.228 e. The van der Waals surface area contributed by atoms with E-state index in [1.165, 1.54) is 0 Å². The number of unbranched alkanes of at least 4 members (excludes halogenated alkanes) is 2. The molecule has 0 aromatic heterocycles. The highest BCUT2D eigenvalue weighted by molar-refractivity contribution is 5.79. The molecule has 4 heteroatoms. The second-order valence-corrected chi connectivity index (χ2v) is 7.05. The topological polar surface area (TPSA) is 32.8 Å². The van der Waals surface area contributed by atoms with Crippen LogP contribution < -0.4 is 0 Å². The lowest BCUT2D eigenvalue weighted by Crippen LogP contribution is -2.54. The van der Waals surface area contributed by atoms with Crippen LogP contribution in [-0.4, -0.2) is 61.6 Å². The molecule has 0 aliphatic carbocycles. The highest BCUT2D eigenvalue weighted by Crippen LogP contribution is 2.19. The predicted octanol–water partition coefficient (Wildman–Crippen LogP) is 2.63. The van der Waals surface area contributed by atoms with Gasteiger partial charge in [0.05, 0.1) is 12.0 Å². The van der Waals surface area contributed by atoms with Crippen molar-refractivity contribution in [1.29, 1.82) is 0 Å². The molecule has 1 heterocycles. The average molecular weight is 298 g/mol. The van der Waals surface area contributed by atoms with Crippen molar-refractivity contribution in [2.24, 2.45) is 11.8 Å². The van der Waals surface area contributed by atoms with Gasteiger partial charge in [-0.1, -0.05) is 13.8 Å². The first-order valence-electron chi connectivity index (χ1n) is 8.49. The van der Waals surface area contributed by atoms with E-state index in [0.717, 1.165) is 52.0 Å². The van der Waals surface area contributed by atoms with Crippen molar-refractivity contribution in [1.82, 2.24) is 9.80 Å². The molecule has 1 fully saturated rings. The van der Waals surface area contributed by atoms with Crippen molar-refractivity contribution >= 4 is 5.91 Å². The second kappa shape index (κ2) is 9.42. The number of carbonyl (C=O) groups is 1. The first kappa shape index (κ1) is 18.4. The fourth-order valence-corrected chi connectivity index (χ4v) is 2.76. The van der Waals surface area contributed by atoms with Gasteiger partial charge >= 0.3 is 0 Å². The summed E-state index contributed by atoms with van der Waals surface area (Å²) in [6, 6.07) is 0. The molecule has 0 atom stereocenters. The fraction of sp³-hybridized carbons (Fsp3) is 0.941. The quantitative estimate of drug-likeness (QED) is 0.581. The minimum Gasteiger partial charge on any atom is -0.379 e. The summed E-state index contributed by atoms with van der Waals surface area (Å²) in [5, 5.41) is 0. The van der Waals surface area contributed by atoms with Gasteiger partial charge in [-0.2, -0.15) is 0 Å². The maximum atomic E-state index is 12.2. The number of likely N-dealkylation sites (tertiary alicyclic amines) is 1. The maximum Gasteiger partial charge on any atom is 0.228 e. The van der Waals surface area contributed by atoms with Gasteiger partial charge < -0.3 is 14.5 Å². The van der Waals surface area contributed by atoms with E-state index in [0.29, 0.717) is 17.9 Å². The highest BCUT2D eigenvalue weighted by Gasteiger charge is 2.34. The molecule has 1 saturated heterocycles. The van der Waals surface area contributed by atoms with Crippen LogP contribution in [-0.2, 0) is 9.53 Å². The summed E-state index contributed by atoms with van der Waals surface area (Å²) in [4.78, 5) is 16.5. The molecule has 0 N–H and O–H groups in total. The second-order valence-electron chi connectivity index (χ2n) is 7.05. The molecule has 0 aromatic rings. The van der Waals surface area contributed by atoms with Crippen molar-refractivity contribution in [2.75, 3.05) is 39.8 Å². The van der Waals surface area contributed by atoms with E-state index in [-0.39, 0.29) is 5.92 Å². The molecule has 0 spiro atoms. The lowest BCUT2D eigenvalue weighted by atomic mass is 9.97. The summed E-state index contributed by atoms with van der Waals surface area (Å²) < 4.78 is 5.52. The number of hydrogen-bond donors (Lipinski definition) is 0. The van der Waals surface area contributed by atoms with Crippen molar-refractivity contribution in [3.05, 3.63) is 0 Å². The van der Waals surface area contributed by atoms with Crippen molar-refractivity contribution in [3.63, 3.8) is 0 Å². The number of rotatable bonds is 10. The summed E-state index contributed by atoms with van der Waals surface area (Å²) in [6.45, 7) is 13.3. The van der Waals surface area contributed by atoms with Crippen LogP contribution in [0.15, 0.2) is 0 Å². The number of hydrogen-bond acceptors (Lipinski definition) is 3. The number of amides is 1. The Kier molecular flexibility index (Phi) is 8.27. The fourth-order valence-electron chi connectivity index (χ4n) is 2.76. The molecule has 0 aromatic carbocycles. The van der Waals surface area contributed by atoms with Gasteiger partial charge in [0.2, 0.25) is 5.91 Å². The minimum absolute atomic E-state index is 0.234. The molecule has 1 amide bonds. The van der Waals surface area contributed by atoms with E-state index < -0.39 is 0 Å².